The van der Waals surface area contributed by atoms with Crippen molar-refractivity contribution in [3.63, 3.8) is 0 Å². The van der Waals surface area contributed by atoms with Crippen LogP contribution in [0.25, 0.3) is 0 Å². The maximum atomic E-state index is 13.0. The molecule has 1 aromatic carbocycles. The fourth-order valence-electron chi connectivity index (χ4n) is 2.58. The van der Waals surface area contributed by atoms with Gasteiger partial charge in [0.1, 0.15) is 0 Å². The van der Waals surface area contributed by atoms with E-state index in [1.54, 1.807) is 41.5 Å². The minimum absolute atomic E-state index is 0.199. The van der Waals surface area contributed by atoms with E-state index in [9.17, 15) is 14.4 Å². The number of nitrogens with zero attached hydrogens (tertiary/aromatic N) is 1. The molecule has 7 heteroatoms. The average molecular weight is 440 g/mol. The first-order chi connectivity index (χ1) is 12.4. The Labute approximate surface area is 166 Å². The molecule has 0 aromatic heterocycles. The molecule has 148 valence electrons. The molecule has 27 heavy (non-hydrogen) atoms. The Morgan fingerprint density at radius 2 is 1.56 bits per heavy atom. The number of benzene rings is 1. The van der Waals surface area contributed by atoms with Gasteiger partial charge in [-0.2, -0.15) is 0 Å². The molecule has 0 saturated carbocycles. The van der Waals surface area contributed by atoms with Crippen molar-refractivity contribution < 1.29 is 23.9 Å². The Morgan fingerprint density at radius 3 is 2.07 bits per heavy atom. The fraction of sp³-hybridized carbons (Fsp3) is 0.550. The third kappa shape index (κ3) is 6.08. The Hall–Kier alpha value is -1.85. The number of hydrogen-bond donors (Lipinski definition) is 0. The van der Waals surface area contributed by atoms with E-state index >= 15 is 0 Å². The number of rotatable bonds is 3. The summed E-state index contributed by atoms with van der Waals surface area (Å²) < 4.78 is 11.9. The molecule has 1 fully saturated rings. The minimum atomic E-state index is -0.956. The number of amides is 2. The molecular weight excluding hydrogens is 413 g/mol. The van der Waals surface area contributed by atoms with E-state index in [0.717, 1.165) is 9.36 Å². The molecule has 0 N–H and O–H groups in total. The van der Waals surface area contributed by atoms with Gasteiger partial charge in [-0.1, -0.05) is 0 Å². The molecule has 1 heterocycles. The Balaban J connectivity index is 2.26. The molecule has 2 amide bonds. The van der Waals surface area contributed by atoms with Gasteiger partial charge in [0.2, 0.25) is 0 Å². The van der Waals surface area contributed by atoms with Gasteiger partial charge in [0.15, 0.2) is 0 Å². The summed E-state index contributed by atoms with van der Waals surface area (Å²) in [5.41, 5.74) is -1.47. The van der Waals surface area contributed by atoms with Gasteiger partial charge in [0.25, 0.3) is 0 Å². The number of likely N-dealkylation sites (tertiary alicyclic amines) is 1. The number of carbonyl (C=O) groups excluding carboxylic acids is 3. The summed E-state index contributed by atoms with van der Waals surface area (Å²) >= 11 is -0.199. The fourth-order valence-corrected chi connectivity index (χ4v) is 4.96. The normalized spacial score (nSPS) is 20.5. The van der Waals surface area contributed by atoms with Gasteiger partial charge in [0, 0.05) is 0 Å². The van der Waals surface area contributed by atoms with Crippen LogP contribution in [0.1, 0.15) is 48.0 Å². The molecular formula is C20H27NO5Se. The van der Waals surface area contributed by atoms with Crippen LogP contribution in [0.2, 0.25) is 4.82 Å². The molecule has 0 aliphatic carbocycles. The van der Waals surface area contributed by atoms with Crippen molar-refractivity contribution in [2.24, 2.45) is 0 Å². The van der Waals surface area contributed by atoms with Crippen molar-refractivity contribution in [3.05, 3.63) is 30.3 Å². The third-order valence-corrected chi connectivity index (χ3v) is 6.12. The van der Waals surface area contributed by atoms with Crippen LogP contribution < -0.4 is 4.46 Å². The standard InChI is InChI=1S/C20H27NO5Se/c1-19(2,3)25-17(23)14-12-15(27-13-10-8-7-9-11-13)16(22)21(14)18(24)26-20(4,5)6/h7-11,14-15H,12H2,1-6H3/t14-,15?/m0/s1. The second kappa shape index (κ2) is 8.03. The average Bonchev–Trinajstić information content (AvgIpc) is 2.82. The SMILES string of the molecule is CC(C)(C)OC(=O)[C@@H]1CC([Se]c2ccccc2)C(=O)N1C(=O)OC(C)(C)C. The monoisotopic (exact) mass is 441 g/mol. The quantitative estimate of drug-likeness (QED) is 0.534. The van der Waals surface area contributed by atoms with Crippen LogP contribution in [-0.4, -0.2) is 55.1 Å². The first kappa shape index (κ1) is 21.4. The van der Waals surface area contributed by atoms with Crippen LogP contribution in [0, 0.1) is 0 Å². The molecule has 1 aliphatic heterocycles. The predicted molar refractivity (Wildman–Crippen MR) is 103 cm³/mol. The van der Waals surface area contributed by atoms with E-state index in [0.29, 0.717) is 0 Å². The molecule has 0 spiro atoms. The second-order valence-electron chi connectivity index (χ2n) is 8.39. The van der Waals surface area contributed by atoms with Crippen molar-refractivity contribution in [2.75, 3.05) is 0 Å². The van der Waals surface area contributed by atoms with E-state index in [-0.39, 0.29) is 27.3 Å². The van der Waals surface area contributed by atoms with E-state index in [2.05, 4.69) is 0 Å². The van der Waals surface area contributed by atoms with Crippen molar-refractivity contribution in [3.8, 4) is 0 Å². The number of ether oxygens (including phenoxy) is 2. The Bertz CT molecular complexity index is 705. The summed E-state index contributed by atoms with van der Waals surface area (Å²) in [4.78, 5) is 38.8. The predicted octanol–water partition coefficient (Wildman–Crippen LogP) is 2.68. The van der Waals surface area contributed by atoms with E-state index in [1.165, 1.54) is 0 Å². The van der Waals surface area contributed by atoms with E-state index in [1.807, 2.05) is 30.3 Å². The summed E-state index contributed by atoms with van der Waals surface area (Å²) in [6.45, 7) is 10.4. The Kier molecular flexibility index (Phi) is 6.38. The van der Waals surface area contributed by atoms with Gasteiger partial charge in [-0.15, -0.1) is 0 Å². The molecule has 1 aliphatic rings. The van der Waals surface area contributed by atoms with Crippen LogP contribution in [0.15, 0.2) is 30.3 Å². The molecule has 1 aromatic rings. The Morgan fingerprint density at radius 1 is 1.00 bits per heavy atom. The van der Waals surface area contributed by atoms with Crippen LogP contribution in [0.4, 0.5) is 4.79 Å². The van der Waals surface area contributed by atoms with Gasteiger partial charge in [-0.3, -0.25) is 0 Å². The van der Waals surface area contributed by atoms with Crippen molar-refractivity contribution >= 4 is 37.4 Å². The van der Waals surface area contributed by atoms with Crippen molar-refractivity contribution in [2.45, 2.75) is 70.0 Å². The van der Waals surface area contributed by atoms with Crippen LogP contribution in [-0.2, 0) is 19.1 Å². The number of hydrogen-bond acceptors (Lipinski definition) is 5. The molecule has 6 nitrogen and oxygen atoms in total. The summed E-state index contributed by atoms with van der Waals surface area (Å²) in [6, 6.07) is 8.67. The van der Waals surface area contributed by atoms with E-state index in [4.69, 9.17) is 9.47 Å². The second-order valence-corrected chi connectivity index (χ2v) is 11.1. The summed E-state index contributed by atoms with van der Waals surface area (Å²) in [7, 11) is 0. The summed E-state index contributed by atoms with van der Waals surface area (Å²) in [5, 5.41) is 0. The van der Waals surface area contributed by atoms with Crippen molar-refractivity contribution in [1.82, 2.24) is 4.90 Å². The topological polar surface area (TPSA) is 72.9 Å². The van der Waals surface area contributed by atoms with Crippen molar-refractivity contribution in [1.29, 1.82) is 0 Å². The maximum absolute atomic E-state index is 13.0. The summed E-state index contributed by atoms with van der Waals surface area (Å²) in [5.74, 6) is -0.947. The van der Waals surface area contributed by atoms with Crippen LogP contribution in [0.5, 0.6) is 0 Å². The number of imide groups is 1. The zero-order valence-electron chi connectivity index (χ0n) is 16.6. The molecule has 2 atom stereocenters. The first-order valence-electron chi connectivity index (χ1n) is 8.88. The molecule has 2 rings (SSSR count). The van der Waals surface area contributed by atoms with Gasteiger partial charge in [-0.05, 0) is 0 Å². The van der Waals surface area contributed by atoms with Gasteiger partial charge < -0.3 is 0 Å². The molecule has 0 bridgehead atoms. The summed E-state index contributed by atoms with van der Waals surface area (Å²) in [6.07, 6.45) is -0.545. The van der Waals surface area contributed by atoms with E-state index < -0.39 is 34.1 Å². The van der Waals surface area contributed by atoms with Gasteiger partial charge >= 0.3 is 167 Å². The van der Waals surface area contributed by atoms with Gasteiger partial charge in [0.05, 0.1) is 0 Å². The zero-order valence-corrected chi connectivity index (χ0v) is 18.4. The van der Waals surface area contributed by atoms with Crippen LogP contribution in [0.3, 0.4) is 0 Å². The van der Waals surface area contributed by atoms with Crippen LogP contribution >= 0.6 is 0 Å². The molecule has 0 radical (unpaired) electrons. The third-order valence-electron chi connectivity index (χ3n) is 3.55. The molecule has 1 saturated heterocycles. The zero-order chi connectivity index (χ0) is 20.4. The molecule has 1 unspecified atom stereocenters. The van der Waals surface area contributed by atoms with Gasteiger partial charge in [-0.25, -0.2) is 0 Å². The first-order valence-corrected chi connectivity index (χ1v) is 10.7. The number of carbonyl (C=O) groups is 3. The number of esters is 1.